The van der Waals surface area contributed by atoms with Crippen LogP contribution in [0.2, 0.25) is 0 Å². The lowest BCUT2D eigenvalue weighted by Gasteiger charge is -2.15. The lowest BCUT2D eigenvalue weighted by atomic mass is 10.2. The van der Waals surface area contributed by atoms with E-state index in [1.165, 1.54) is 16.7 Å². The highest BCUT2D eigenvalue weighted by Crippen LogP contribution is 2.32. The summed E-state index contributed by atoms with van der Waals surface area (Å²) >= 11 is 1.10. The van der Waals surface area contributed by atoms with Crippen LogP contribution < -0.4 is 14.8 Å². The number of rotatable bonds is 9. The average molecular weight is 481 g/mol. The number of carbonyl (C=O) groups is 1. The van der Waals surface area contributed by atoms with Crippen LogP contribution in [0.15, 0.2) is 53.7 Å². The fourth-order valence-corrected chi connectivity index (χ4v) is 3.81. The summed E-state index contributed by atoms with van der Waals surface area (Å²) in [5.41, 5.74) is -0.586. The summed E-state index contributed by atoms with van der Waals surface area (Å²) < 4.78 is 52.3. The molecule has 1 atom stereocenters. The van der Waals surface area contributed by atoms with Crippen molar-refractivity contribution in [3.05, 3.63) is 59.9 Å². The van der Waals surface area contributed by atoms with Gasteiger partial charge in [0.25, 0.3) is 0 Å². The van der Waals surface area contributed by atoms with Gasteiger partial charge in [-0.2, -0.15) is 13.2 Å². The zero-order valence-corrected chi connectivity index (χ0v) is 19.0. The van der Waals surface area contributed by atoms with Gasteiger partial charge < -0.3 is 14.8 Å². The Morgan fingerprint density at radius 3 is 2.48 bits per heavy atom. The Kier molecular flexibility index (Phi) is 7.85. The van der Waals surface area contributed by atoms with Gasteiger partial charge in [-0.1, -0.05) is 17.8 Å². The molecular formula is C22H23F3N4O3S. The summed E-state index contributed by atoms with van der Waals surface area (Å²) in [4.78, 5) is 12.2. The Hall–Kier alpha value is -3.21. The minimum atomic E-state index is -4.51. The molecule has 0 spiro atoms. The highest BCUT2D eigenvalue weighted by atomic mass is 32.2. The summed E-state index contributed by atoms with van der Waals surface area (Å²) in [5, 5.41) is 10.7. The Bertz CT molecular complexity index is 1090. The molecule has 0 saturated carbocycles. The molecule has 1 aromatic heterocycles. The van der Waals surface area contributed by atoms with Crippen molar-refractivity contribution in [3.8, 4) is 17.2 Å². The van der Waals surface area contributed by atoms with E-state index < -0.39 is 17.0 Å². The minimum Gasteiger partial charge on any atom is -0.497 e. The van der Waals surface area contributed by atoms with Gasteiger partial charge in [0, 0.05) is 6.54 Å². The number of halogens is 3. The first-order chi connectivity index (χ1) is 15.7. The Morgan fingerprint density at radius 1 is 1.15 bits per heavy atom. The highest BCUT2D eigenvalue weighted by Gasteiger charge is 2.31. The molecule has 0 radical (unpaired) electrons. The SMILES string of the molecule is CCNC(=O)C(C)Sc1nnc(COc2ccc(OC)cc2)n1-c1cccc(C(F)(F)F)c1. The molecule has 3 aromatic rings. The van der Waals surface area contributed by atoms with Crippen LogP contribution >= 0.6 is 11.8 Å². The molecule has 11 heteroatoms. The molecule has 33 heavy (non-hydrogen) atoms. The van der Waals surface area contributed by atoms with E-state index in [1.54, 1.807) is 45.2 Å². The van der Waals surface area contributed by atoms with Crippen LogP contribution in [0.1, 0.15) is 25.2 Å². The maximum absolute atomic E-state index is 13.3. The number of ether oxygens (including phenoxy) is 2. The average Bonchev–Trinajstić information content (AvgIpc) is 3.20. The van der Waals surface area contributed by atoms with E-state index in [-0.39, 0.29) is 29.2 Å². The summed E-state index contributed by atoms with van der Waals surface area (Å²) in [6.07, 6.45) is -4.51. The van der Waals surface area contributed by atoms with Crippen molar-refractivity contribution in [2.24, 2.45) is 0 Å². The molecule has 1 unspecified atom stereocenters. The zero-order chi connectivity index (χ0) is 24.0. The number of nitrogens with one attached hydrogen (secondary N) is 1. The molecule has 176 valence electrons. The number of alkyl halides is 3. The van der Waals surface area contributed by atoms with Crippen LogP contribution in [-0.4, -0.2) is 39.6 Å². The van der Waals surface area contributed by atoms with E-state index in [0.717, 1.165) is 23.9 Å². The maximum Gasteiger partial charge on any atom is 0.416 e. The number of hydrogen-bond donors (Lipinski definition) is 1. The smallest absolute Gasteiger partial charge is 0.416 e. The number of thioether (sulfide) groups is 1. The van der Waals surface area contributed by atoms with Gasteiger partial charge in [-0.05, 0) is 56.3 Å². The Labute approximate surface area is 193 Å². The second kappa shape index (κ2) is 10.6. The summed E-state index contributed by atoms with van der Waals surface area (Å²) in [7, 11) is 1.55. The van der Waals surface area contributed by atoms with Gasteiger partial charge >= 0.3 is 6.18 Å². The van der Waals surface area contributed by atoms with Crippen LogP contribution in [0, 0.1) is 0 Å². The van der Waals surface area contributed by atoms with Crippen molar-refractivity contribution in [2.45, 2.75) is 37.0 Å². The summed E-state index contributed by atoms with van der Waals surface area (Å²) in [5.74, 6) is 1.26. The molecule has 0 aliphatic carbocycles. The lowest BCUT2D eigenvalue weighted by Crippen LogP contribution is -2.30. The molecule has 0 saturated heterocycles. The number of benzene rings is 2. The third-order valence-electron chi connectivity index (χ3n) is 4.56. The third kappa shape index (κ3) is 6.19. The van der Waals surface area contributed by atoms with Gasteiger partial charge in [0.2, 0.25) is 5.91 Å². The normalized spacial score (nSPS) is 12.3. The van der Waals surface area contributed by atoms with Gasteiger partial charge in [0.15, 0.2) is 11.0 Å². The predicted octanol–water partition coefficient (Wildman–Crippen LogP) is 4.49. The van der Waals surface area contributed by atoms with Crippen LogP contribution in [0.3, 0.4) is 0 Å². The number of nitrogens with zero attached hydrogens (tertiary/aromatic N) is 3. The van der Waals surface area contributed by atoms with E-state index in [2.05, 4.69) is 15.5 Å². The van der Waals surface area contributed by atoms with E-state index >= 15 is 0 Å². The minimum absolute atomic E-state index is 0.0499. The van der Waals surface area contributed by atoms with E-state index in [9.17, 15) is 18.0 Å². The van der Waals surface area contributed by atoms with Crippen molar-refractivity contribution >= 4 is 17.7 Å². The Morgan fingerprint density at radius 2 is 1.85 bits per heavy atom. The molecule has 0 fully saturated rings. The van der Waals surface area contributed by atoms with Crippen molar-refractivity contribution in [1.29, 1.82) is 0 Å². The van der Waals surface area contributed by atoms with Gasteiger partial charge in [0.05, 0.1) is 23.6 Å². The van der Waals surface area contributed by atoms with Crippen molar-refractivity contribution < 1.29 is 27.4 Å². The number of amides is 1. The standard InChI is InChI=1S/C22H23F3N4O3S/c1-4-26-20(30)14(2)33-21-28-27-19(13-32-18-10-8-17(31-3)9-11-18)29(21)16-7-5-6-15(12-16)22(23,24)25/h5-12,14H,4,13H2,1-3H3,(H,26,30). The number of methoxy groups -OCH3 is 1. The first-order valence-corrected chi connectivity index (χ1v) is 10.9. The zero-order valence-electron chi connectivity index (χ0n) is 18.2. The van der Waals surface area contributed by atoms with Crippen LogP contribution in [-0.2, 0) is 17.6 Å². The van der Waals surface area contributed by atoms with Gasteiger partial charge in [0.1, 0.15) is 18.1 Å². The molecule has 7 nitrogen and oxygen atoms in total. The molecule has 3 rings (SSSR count). The monoisotopic (exact) mass is 480 g/mol. The van der Waals surface area contributed by atoms with Crippen molar-refractivity contribution in [1.82, 2.24) is 20.1 Å². The quantitative estimate of drug-likeness (QED) is 0.455. The maximum atomic E-state index is 13.3. The number of carbonyl (C=O) groups excluding carboxylic acids is 1. The molecule has 1 N–H and O–H groups in total. The second-order valence-corrected chi connectivity index (χ2v) is 8.21. The van der Waals surface area contributed by atoms with Gasteiger partial charge in [-0.25, -0.2) is 0 Å². The first-order valence-electron chi connectivity index (χ1n) is 10.1. The number of hydrogen-bond acceptors (Lipinski definition) is 6. The molecule has 0 bridgehead atoms. The fraction of sp³-hybridized carbons (Fsp3) is 0.318. The van der Waals surface area contributed by atoms with Crippen molar-refractivity contribution in [2.75, 3.05) is 13.7 Å². The van der Waals surface area contributed by atoms with E-state index in [0.29, 0.717) is 18.0 Å². The van der Waals surface area contributed by atoms with Crippen LogP contribution in [0.25, 0.3) is 5.69 Å². The van der Waals surface area contributed by atoms with Crippen molar-refractivity contribution in [3.63, 3.8) is 0 Å². The molecule has 1 amide bonds. The lowest BCUT2D eigenvalue weighted by molar-refractivity contribution is -0.137. The highest BCUT2D eigenvalue weighted by molar-refractivity contribution is 8.00. The molecule has 1 heterocycles. The van der Waals surface area contributed by atoms with E-state index in [1.807, 2.05) is 0 Å². The third-order valence-corrected chi connectivity index (χ3v) is 5.60. The first kappa shape index (κ1) is 24.4. The summed E-state index contributed by atoms with van der Waals surface area (Å²) in [6.45, 7) is 3.90. The largest absolute Gasteiger partial charge is 0.497 e. The van der Waals surface area contributed by atoms with Gasteiger partial charge in [-0.3, -0.25) is 9.36 Å². The predicted molar refractivity (Wildman–Crippen MR) is 118 cm³/mol. The van der Waals surface area contributed by atoms with E-state index in [4.69, 9.17) is 9.47 Å². The Balaban J connectivity index is 1.94. The van der Waals surface area contributed by atoms with Gasteiger partial charge in [-0.15, -0.1) is 10.2 Å². The summed E-state index contributed by atoms with van der Waals surface area (Å²) in [6, 6.07) is 11.7. The molecule has 2 aromatic carbocycles. The van der Waals surface area contributed by atoms with Crippen LogP contribution in [0.4, 0.5) is 13.2 Å². The second-order valence-electron chi connectivity index (χ2n) is 6.90. The van der Waals surface area contributed by atoms with Crippen LogP contribution in [0.5, 0.6) is 11.5 Å². The topological polar surface area (TPSA) is 78.3 Å². The fourth-order valence-electron chi connectivity index (χ4n) is 2.90. The molecule has 0 aliphatic rings. The molecular weight excluding hydrogens is 457 g/mol. The number of aromatic nitrogens is 3. The molecule has 0 aliphatic heterocycles.